The molecule has 87 valence electrons. The van der Waals surface area contributed by atoms with Crippen LogP contribution in [0.15, 0.2) is 23.7 Å². The van der Waals surface area contributed by atoms with Gasteiger partial charge >= 0.3 is 9.04 Å². The Morgan fingerprint density at radius 1 is 1.25 bits per heavy atom. The fraction of sp³-hybridized carbons (Fsp3) is 0.545. The minimum atomic E-state index is -0.894. The van der Waals surface area contributed by atoms with Gasteiger partial charge in [-0.3, -0.25) is 9.97 Å². The highest BCUT2D eigenvalue weighted by Gasteiger charge is 2.24. The zero-order valence-corrected chi connectivity index (χ0v) is 11.2. The first-order valence-electron chi connectivity index (χ1n) is 5.44. The summed E-state index contributed by atoms with van der Waals surface area (Å²) < 4.78 is 5.57. The summed E-state index contributed by atoms with van der Waals surface area (Å²) in [7, 11) is -0.894. The van der Waals surface area contributed by atoms with Crippen LogP contribution in [0.5, 0.6) is 0 Å². The van der Waals surface area contributed by atoms with E-state index in [0.29, 0.717) is 11.1 Å². The third-order valence-corrected chi connectivity index (χ3v) is 4.66. The van der Waals surface area contributed by atoms with Crippen molar-refractivity contribution in [1.29, 1.82) is 0 Å². The van der Waals surface area contributed by atoms with Gasteiger partial charge in [-0.05, 0) is 11.1 Å². The van der Waals surface area contributed by atoms with Crippen molar-refractivity contribution in [3.63, 3.8) is 0 Å². The molecule has 1 aromatic rings. The molecular formula is C11H18N3OSi. The summed E-state index contributed by atoms with van der Waals surface area (Å²) in [5.41, 5.74) is 1.81. The summed E-state index contributed by atoms with van der Waals surface area (Å²) in [6.07, 6.45) is 6.54. The summed E-state index contributed by atoms with van der Waals surface area (Å²) in [6, 6.07) is 0. The van der Waals surface area contributed by atoms with Crippen molar-refractivity contribution in [3.8, 4) is 0 Å². The maximum absolute atomic E-state index is 5.57. The summed E-state index contributed by atoms with van der Waals surface area (Å²) in [4.78, 5) is 8.04. The van der Waals surface area contributed by atoms with Gasteiger partial charge in [-0.1, -0.05) is 27.7 Å². The van der Waals surface area contributed by atoms with Gasteiger partial charge in [0.15, 0.2) is 0 Å². The Kier molecular flexibility index (Phi) is 5.11. The van der Waals surface area contributed by atoms with Crippen LogP contribution in [-0.2, 0) is 4.53 Å². The zero-order chi connectivity index (χ0) is 12.0. The molecule has 0 amide bonds. The molecule has 0 bridgehead atoms. The van der Waals surface area contributed by atoms with E-state index in [1.807, 2.05) is 0 Å². The molecular weight excluding hydrogens is 218 g/mol. The second kappa shape index (κ2) is 6.37. The van der Waals surface area contributed by atoms with E-state index in [1.165, 1.54) is 0 Å². The van der Waals surface area contributed by atoms with Crippen LogP contribution in [0.1, 0.15) is 33.4 Å². The molecule has 1 rings (SSSR count). The first-order chi connectivity index (χ1) is 7.61. The van der Waals surface area contributed by atoms with Gasteiger partial charge in [0.1, 0.15) is 5.69 Å². The molecule has 0 aliphatic heterocycles. The van der Waals surface area contributed by atoms with E-state index in [4.69, 9.17) is 4.53 Å². The van der Waals surface area contributed by atoms with Gasteiger partial charge in [0.25, 0.3) is 0 Å². The lowest BCUT2D eigenvalue weighted by atomic mass is 10.5. The zero-order valence-electron chi connectivity index (χ0n) is 10.2. The van der Waals surface area contributed by atoms with Crippen molar-refractivity contribution in [2.24, 2.45) is 5.16 Å². The number of aromatic nitrogens is 2. The topological polar surface area (TPSA) is 47.4 Å². The standard InChI is InChI=1S/C11H18N3OSi/c1-9(2)16(10(3)4)15-14-8-11-7-12-5-6-13-11/h5-10H,1-4H3. The van der Waals surface area contributed by atoms with Crippen molar-refractivity contribution in [1.82, 2.24) is 9.97 Å². The van der Waals surface area contributed by atoms with Gasteiger partial charge in [-0.15, -0.1) is 5.16 Å². The Morgan fingerprint density at radius 3 is 2.44 bits per heavy atom. The van der Waals surface area contributed by atoms with Crippen LogP contribution >= 0.6 is 0 Å². The van der Waals surface area contributed by atoms with Crippen molar-refractivity contribution in [2.75, 3.05) is 0 Å². The highest BCUT2D eigenvalue weighted by Crippen LogP contribution is 2.20. The summed E-state index contributed by atoms with van der Waals surface area (Å²) in [5.74, 6) is 0. The fourth-order valence-corrected chi connectivity index (χ4v) is 3.33. The van der Waals surface area contributed by atoms with Gasteiger partial charge in [0, 0.05) is 12.4 Å². The molecule has 0 aliphatic rings. The Bertz CT molecular complexity index is 319. The molecule has 1 heterocycles. The number of hydrogen-bond donors (Lipinski definition) is 0. The molecule has 0 saturated heterocycles. The van der Waals surface area contributed by atoms with Gasteiger partial charge in [-0.2, -0.15) is 0 Å². The minimum absolute atomic E-state index is 0.545. The third-order valence-electron chi connectivity index (χ3n) is 2.06. The van der Waals surface area contributed by atoms with Crippen LogP contribution in [0.25, 0.3) is 0 Å². The lowest BCUT2D eigenvalue weighted by Crippen LogP contribution is -2.23. The molecule has 1 radical (unpaired) electrons. The van der Waals surface area contributed by atoms with Crippen molar-refractivity contribution >= 4 is 15.3 Å². The van der Waals surface area contributed by atoms with E-state index in [0.717, 1.165) is 5.69 Å². The number of nitrogens with zero attached hydrogens (tertiary/aromatic N) is 3. The summed E-state index contributed by atoms with van der Waals surface area (Å²) >= 11 is 0. The lowest BCUT2D eigenvalue weighted by molar-refractivity contribution is 0.332. The Balaban J connectivity index is 2.52. The summed E-state index contributed by atoms with van der Waals surface area (Å²) in [5, 5.41) is 4.00. The molecule has 5 heteroatoms. The van der Waals surface area contributed by atoms with Gasteiger partial charge in [0.2, 0.25) is 0 Å². The Morgan fingerprint density at radius 2 is 1.94 bits per heavy atom. The molecule has 0 spiro atoms. The highest BCUT2D eigenvalue weighted by molar-refractivity contribution is 6.54. The highest BCUT2D eigenvalue weighted by atomic mass is 28.3. The maximum Gasteiger partial charge on any atom is 0.325 e. The molecule has 0 aliphatic carbocycles. The second-order valence-corrected chi connectivity index (χ2v) is 7.46. The van der Waals surface area contributed by atoms with E-state index < -0.39 is 9.04 Å². The molecule has 0 unspecified atom stereocenters. The van der Waals surface area contributed by atoms with Crippen LogP contribution in [0, 0.1) is 0 Å². The molecule has 0 atom stereocenters. The lowest BCUT2D eigenvalue weighted by Gasteiger charge is -2.18. The van der Waals surface area contributed by atoms with E-state index in [1.54, 1.807) is 24.8 Å². The molecule has 0 N–H and O–H groups in total. The van der Waals surface area contributed by atoms with Crippen LogP contribution < -0.4 is 0 Å². The molecule has 0 aromatic carbocycles. The fourth-order valence-electron chi connectivity index (χ4n) is 1.40. The smallest absolute Gasteiger partial charge is 0.325 e. The van der Waals surface area contributed by atoms with Crippen molar-refractivity contribution in [2.45, 2.75) is 38.8 Å². The van der Waals surface area contributed by atoms with Crippen LogP contribution in [0.4, 0.5) is 0 Å². The monoisotopic (exact) mass is 236 g/mol. The average Bonchev–Trinajstić information content (AvgIpc) is 2.24. The SMILES string of the molecule is CC(C)[Si](ON=Cc1cnccn1)C(C)C. The van der Waals surface area contributed by atoms with Gasteiger partial charge in [0.05, 0.1) is 12.4 Å². The molecule has 1 aromatic heterocycles. The van der Waals surface area contributed by atoms with Crippen LogP contribution in [0.2, 0.25) is 11.1 Å². The molecule has 0 fully saturated rings. The largest absolute Gasteiger partial charge is 0.454 e. The van der Waals surface area contributed by atoms with E-state index in [-0.39, 0.29) is 0 Å². The normalized spacial score (nSPS) is 11.9. The number of rotatable bonds is 5. The van der Waals surface area contributed by atoms with E-state index >= 15 is 0 Å². The van der Waals surface area contributed by atoms with Crippen LogP contribution in [-0.4, -0.2) is 25.2 Å². The predicted molar refractivity (Wildman–Crippen MR) is 66.7 cm³/mol. The van der Waals surface area contributed by atoms with Crippen LogP contribution in [0.3, 0.4) is 0 Å². The Hall–Kier alpha value is -1.23. The molecule has 16 heavy (non-hydrogen) atoms. The first kappa shape index (κ1) is 12.8. The molecule has 4 nitrogen and oxygen atoms in total. The minimum Gasteiger partial charge on any atom is -0.454 e. The Labute approximate surface area is 98.5 Å². The van der Waals surface area contributed by atoms with E-state index in [9.17, 15) is 0 Å². The van der Waals surface area contributed by atoms with Crippen molar-refractivity contribution < 1.29 is 4.53 Å². The van der Waals surface area contributed by atoms with Crippen molar-refractivity contribution in [3.05, 3.63) is 24.3 Å². The quantitative estimate of drug-likeness (QED) is 0.448. The number of hydrogen-bond acceptors (Lipinski definition) is 4. The third kappa shape index (κ3) is 4.10. The van der Waals surface area contributed by atoms with Gasteiger partial charge < -0.3 is 4.53 Å². The average molecular weight is 236 g/mol. The second-order valence-electron chi connectivity index (χ2n) is 4.17. The number of oxime groups is 1. The molecule has 0 saturated carbocycles. The predicted octanol–water partition coefficient (Wildman–Crippen LogP) is 2.64. The van der Waals surface area contributed by atoms with E-state index in [2.05, 4.69) is 42.8 Å². The maximum atomic E-state index is 5.57. The van der Waals surface area contributed by atoms with Gasteiger partial charge in [-0.25, -0.2) is 0 Å². The first-order valence-corrected chi connectivity index (χ1v) is 7.00. The summed E-state index contributed by atoms with van der Waals surface area (Å²) in [6.45, 7) is 8.69.